The lowest BCUT2D eigenvalue weighted by Gasteiger charge is -2.13. The van der Waals surface area contributed by atoms with Gasteiger partial charge in [0.1, 0.15) is 0 Å². The molecule has 0 spiro atoms. The maximum Gasteiger partial charge on any atom is 0.306 e. The van der Waals surface area contributed by atoms with Gasteiger partial charge in [0.25, 0.3) is 0 Å². The fourth-order valence-electron chi connectivity index (χ4n) is 2.47. The normalized spacial score (nSPS) is 11.8. The van der Waals surface area contributed by atoms with E-state index in [2.05, 4.69) is 5.32 Å². The molecule has 1 aromatic carbocycles. The summed E-state index contributed by atoms with van der Waals surface area (Å²) in [7, 11) is 0. The summed E-state index contributed by atoms with van der Waals surface area (Å²) in [4.78, 5) is 49.9. The standard InChI is InChI=1S/C22H25NO5S/c1-13(2)22(27)23-17-8-6-16(7-9-17)21(26)15(4)28-20(25)12-10-18(24)19-11-5-14(3)29-19/h5-9,11,13,15H,10,12H2,1-4H3,(H,23,27)/t15-/m1/s1. The predicted molar refractivity (Wildman–Crippen MR) is 112 cm³/mol. The summed E-state index contributed by atoms with van der Waals surface area (Å²) >= 11 is 1.39. The number of esters is 1. The molecule has 2 rings (SSSR count). The molecule has 0 bridgehead atoms. The largest absolute Gasteiger partial charge is 0.454 e. The van der Waals surface area contributed by atoms with Crippen LogP contribution in [0, 0.1) is 12.8 Å². The summed E-state index contributed by atoms with van der Waals surface area (Å²) < 4.78 is 5.18. The van der Waals surface area contributed by atoms with Crippen LogP contribution in [-0.4, -0.2) is 29.5 Å². The van der Waals surface area contributed by atoms with Gasteiger partial charge in [0.05, 0.1) is 11.3 Å². The number of hydrogen-bond donors (Lipinski definition) is 1. The van der Waals surface area contributed by atoms with Gasteiger partial charge in [-0.1, -0.05) is 13.8 Å². The zero-order valence-corrected chi connectivity index (χ0v) is 17.8. The Bertz CT molecular complexity index is 898. The predicted octanol–water partition coefficient (Wildman–Crippen LogP) is 4.43. The number of carbonyl (C=O) groups is 4. The van der Waals surface area contributed by atoms with Crippen LogP contribution in [0.3, 0.4) is 0 Å². The van der Waals surface area contributed by atoms with Crippen LogP contribution < -0.4 is 5.32 Å². The van der Waals surface area contributed by atoms with Crippen molar-refractivity contribution in [1.29, 1.82) is 0 Å². The molecule has 0 radical (unpaired) electrons. The number of aryl methyl sites for hydroxylation is 1. The molecule has 0 aliphatic heterocycles. The molecule has 1 atom stereocenters. The fourth-order valence-corrected chi connectivity index (χ4v) is 3.31. The monoisotopic (exact) mass is 415 g/mol. The van der Waals surface area contributed by atoms with Gasteiger partial charge in [0, 0.05) is 28.5 Å². The summed E-state index contributed by atoms with van der Waals surface area (Å²) in [5.41, 5.74) is 0.963. The lowest BCUT2D eigenvalue weighted by molar-refractivity contribution is -0.146. The van der Waals surface area contributed by atoms with Crippen molar-refractivity contribution in [2.24, 2.45) is 5.92 Å². The number of thiophene rings is 1. The van der Waals surface area contributed by atoms with Crippen LogP contribution in [0.15, 0.2) is 36.4 Å². The lowest BCUT2D eigenvalue weighted by Crippen LogP contribution is -2.24. The number of ketones is 2. The molecule has 0 unspecified atom stereocenters. The Morgan fingerprint density at radius 3 is 2.17 bits per heavy atom. The van der Waals surface area contributed by atoms with Crippen molar-refractivity contribution in [3.63, 3.8) is 0 Å². The number of ether oxygens (including phenoxy) is 1. The minimum Gasteiger partial charge on any atom is -0.454 e. The summed E-state index contributed by atoms with van der Waals surface area (Å²) in [5, 5.41) is 2.74. The Kier molecular flexibility index (Phi) is 7.84. The molecule has 1 aromatic heterocycles. The second-order valence-corrected chi connectivity index (χ2v) is 8.34. The molecule has 29 heavy (non-hydrogen) atoms. The van der Waals surface area contributed by atoms with Crippen LogP contribution in [0.5, 0.6) is 0 Å². The number of Topliss-reactive ketones (excluding diaryl/α,β-unsaturated/α-hetero) is 2. The molecule has 2 aromatic rings. The van der Waals surface area contributed by atoms with Crippen LogP contribution in [0.2, 0.25) is 0 Å². The zero-order valence-electron chi connectivity index (χ0n) is 17.0. The quantitative estimate of drug-likeness (QED) is 0.483. The second kappa shape index (κ2) is 10.1. The smallest absolute Gasteiger partial charge is 0.306 e. The molecule has 0 aliphatic rings. The molecule has 1 N–H and O–H groups in total. The number of hydrogen-bond acceptors (Lipinski definition) is 6. The van der Waals surface area contributed by atoms with E-state index >= 15 is 0 Å². The summed E-state index contributed by atoms with van der Waals surface area (Å²) in [5.74, 6) is -1.31. The van der Waals surface area contributed by atoms with E-state index < -0.39 is 12.1 Å². The zero-order chi connectivity index (χ0) is 21.6. The Morgan fingerprint density at radius 2 is 1.62 bits per heavy atom. The molecule has 7 heteroatoms. The van der Waals surface area contributed by atoms with Crippen molar-refractivity contribution in [3.05, 3.63) is 51.7 Å². The number of rotatable bonds is 9. The average Bonchev–Trinajstić information content (AvgIpc) is 3.12. The summed E-state index contributed by atoms with van der Waals surface area (Å²) in [6.45, 7) is 6.99. The van der Waals surface area contributed by atoms with Crippen LogP contribution in [0.1, 0.15) is 58.5 Å². The molecule has 0 saturated heterocycles. The van der Waals surface area contributed by atoms with E-state index in [-0.39, 0.29) is 36.2 Å². The van der Waals surface area contributed by atoms with Crippen molar-refractivity contribution in [3.8, 4) is 0 Å². The van der Waals surface area contributed by atoms with Gasteiger partial charge in [-0.05, 0) is 50.2 Å². The minimum atomic E-state index is -0.960. The number of amides is 1. The van der Waals surface area contributed by atoms with Gasteiger partial charge in [-0.2, -0.15) is 0 Å². The van der Waals surface area contributed by atoms with Crippen LogP contribution in [0.25, 0.3) is 0 Å². The van der Waals surface area contributed by atoms with Gasteiger partial charge in [0.15, 0.2) is 11.9 Å². The Morgan fingerprint density at radius 1 is 0.966 bits per heavy atom. The van der Waals surface area contributed by atoms with Gasteiger partial charge in [-0.25, -0.2) is 0 Å². The highest BCUT2D eigenvalue weighted by atomic mass is 32.1. The van der Waals surface area contributed by atoms with Gasteiger partial charge in [-0.3, -0.25) is 19.2 Å². The molecule has 6 nitrogen and oxygen atoms in total. The number of carbonyl (C=O) groups excluding carboxylic acids is 4. The van der Waals surface area contributed by atoms with E-state index in [0.29, 0.717) is 16.1 Å². The number of nitrogens with one attached hydrogen (secondary N) is 1. The first-order valence-electron chi connectivity index (χ1n) is 9.41. The first-order valence-corrected chi connectivity index (χ1v) is 10.2. The Labute approximate surface area is 174 Å². The molecule has 0 fully saturated rings. The van der Waals surface area contributed by atoms with E-state index in [4.69, 9.17) is 4.74 Å². The first kappa shape index (κ1) is 22.5. The van der Waals surface area contributed by atoms with Crippen molar-refractivity contribution in [2.75, 3.05) is 5.32 Å². The van der Waals surface area contributed by atoms with Crippen LogP contribution >= 0.6 is 11.3 Å². The summed E-state index contributed by atoms with van der Waals surface area (Å²) in [6, 6.07) is 10.0. The number of anilines is 1. The van der Waals surface area contributed by atoms with Gasteiger partial charge >= 0.3 is 5.97 Å². The van der Waals surface area contributed by atoms with E-state index in [0.717, 1.165) is 4.88 Å². The van der Waals surface area contributed by atoms with Gasteiger partial charge in [-0.15, -0.1) is 11.3 Å². The molecule has 1 heterocycles. The third-order valence-corrected chi connectivity index (χ3v) is 5.25. The molecule has 1 amide bonds. The molecular weight excluding hydrogens is 390 g/mol. The number of benzene rings is 1. The topological polar surface area (TPSA) is 89.5 Å². The maximum absolute atomic E-state index is 12.5. The third kappa shape index (κ3) is 6.64. The SMILES string of the molecule is Cc1ccc(C(=O)CCC(=O)O[C@H](C)C(=O)c2ccc(NC(=O)C(C)C)cc2)s1. The van der Waals surface area contributed by atoms with Crippen molar-refractivity contribution >= 4 is 40.5 Å². The van der Waals surface area contributed by atoms with Gasteiger partial charge in [0.2, 0.25) is 11.7 Å². The van der Waals surface area contributed by atoms with E-state index in [9.17, 15) is 19.2 Å². The van der Waals surface area contributed by atoms with Crippen molar-refractivity contribution in [1.82, 2.24) is 0 Å². The first-order chi connectivity index (χ1) is 13.7. The third-order valence-electron chi connectivity index (χ3n) is 4.21. The van der Waals surface area contributed by atoms with Gasteiger partial charge < -0.3 is 10.1 Å². The van der Waals surface area contributed by atoms with Crippen molar-refractivity contribution < 1.29 is 23.9 Å². The van der Waals surface area contributed by atoms with Crippen LogP contribution in [-0.2, 0) is 14.3 Å². The average molecular weight is 416 g/mol. The molecular formula is C22H25NO5S. The molecule has 154 valence electrons. The second-order valence-electron chi connectivity index (χ2n) is 7.05. The highest BCUT2D eigenvalue weighted by Gasteiger charge is 2.20. The highest BCUT2D eigenvalue weighted by molar-refractivity contribution is 7.14. The van der Waals surface area contributed by atoms with E-state index in [1.807, 2.05) is 13.0 Å². The highest BCUT2D eigenvalue weighted by Crippen LogP contribution is 2.18. The fraction of sp³-hybridized carbons (Fsp3) is 0.364. The molecule has 0 aliphatic carbocycles. The maximum atomic E-state index is 12.5. The minimum absolute atomic E-state index is 0.0456. The summed E-state index contributed by atoms with van der Waals surface area (Å²) in [6.07, 6.45) is -0.991. The van der Waals surface area contributed by atoms with E-state index in [1.54, 1.807) is 44.2 Å². The lowest BCUT2D eigenvalue weighted by atomic mass is 10.1. The Balaban J connectivity index is 1.85. The Hall–Kier alpha value is -2.80. The van der Waals surface area contributed by atoms with Crippen LogP contribution in [0.4, 0.5) is 5.69 Å². The van der Waals surface area contributed by atoms with E-state index in [1.165, 1.54) is 18.3 Å². The van der Waals surface area contributed by atoms with Crippen molar-refractivity contribution in [2.45, 2.75) is 46.6 Å². The molecule has 0 saturated carbocycles.